The van der Waals surface area contributed by atoms with Gasteiger partial charge < -0.3 is 19.8 Å². The topological polar surface area (TPSA) is 110 Å². The maximum absolute atomic E-state index is 11.9. The molecule has 1 fully saturated rings. The highest BCUT2D eigenvalue weighted by atomic mass is 16.7. The number of aromatic amines is 1. The molecular weight excluding hydrogens is 314 g/mol. The third-order valence-corrected chi connectivity index (χ3v) is 3.50. The molecule has 2 heterocycles. The molecule has 0 atom stereocenters. The van der Waals surface area contributed by atoms with E-state index < -0.39 is 17.7 Å². The van der Waals surface area contributed by atoms with Crippen LogP contribution < -0.4 is 10.9 Å². The van der Waals surface area contributed by atoms with Crippen molar-refractivity contribution < 1.29 is 19.1 Å². The number of carbonyl (C=O) groups is 2. The van der Waals surface area contributed by atoms with Crippen molar-refractivity contribution in [1.82, 2.24) is 9.97 Å². The van der Waals surface area contributed by atoms with Crippen LogP contribution in [-0.4, -0.2) is 27.7 Å². The summed E-state index contributed by atoms with van der Waals surface area (Å²) in [5, 5.41) is 3.25. The van der Waals surface area contributed by atoms with Crippen molar-refractivity contribution >= 4 is 28.5 Å². The second-order valence-electron chi connectivity index (χ2n) is 5.77. The minimum absolute atomic E-state index is 0.268. The van der Waals surface area contributed by atoms with Crippen molar-refractivity contribution in [3.63, 3.8) is 0 Å². The van der Waals surface area contributed by atoms with Crippen LogP contribution in [0.3, 0.4) is 0 Å². The first-order valence-electron chi connectivity index (χ1n) is 7.19. The van der Waals surface area contributed by atoms with E-state index in [1.54, 1.807) is 12.1 Å². The molecule has 1 saturated heterocycles. The molecule has 1 aliphatic heterocycles. The van der Waals surface area contributed by atoms with Gasteiger partial charge in [0.05, 0.1) is 17.4 Å². The van der Waals surface area contributed by atoms with Gasteiger partial charge in [0.15, 0.2) is 5.57 Å². The Morgan fingerprint density at radius 1 is 1.17 bits per heavy atom. The van der Waals surface area contributed by atoms with Crippen molar-refractivity contribution in [3.8, 4) is 0 Å². The number of benzene rings is 1. The summed E-state index contributed by atoms with van der Waals surface area (Å²) < 4.78 is 10.0. The van der Waals surface area contributed by atoms with Crippen molar-refractivity contribution in [3.05, 3.63) is 46.2 Å². The Labute approximate surface area is 136 Å². The zero-order chi connectivity index (χ0) is 17.5. The Kier molecular flexibility index (Phi) is 3.59. The lowest BCUT2D eigenvalue weighted by atomic mass is 10.1. The second-order valence-corrected chi connectivity index (χ2v) is 5.77. The van der Waals surface area contributed by atoms with E-state index in [1.807, 2.05) is 6.92 Å². The summed E-state index contributed by atoms with van der Waals surface area (Å²) in [6.07, 6.45) is 2.48. The lowest BCUT2D eigenvalue weighted by molar-refractivity contribution is -0.222. The largest absolute Gasteiger partial charge is 0.419 e. The number of carbonyl (C=O) groups excluding carboxylic acids is 2. The van der Waals surface area contributed by atoms with Gasteiger partial charge in [0.25, 0.3) is 11.3 Å². The van der Waals surface area contributed by atoms with E-state index in [1.165, 1.54) is 26.4 Å². The standard InChI is InChI=1S/C16H15N3O5/c1-8-4-5-9-12(18-7-19-13(9)20)11(8)17-6-10-14(21)23-16(2,3)24-15(10)22/h4-7,17H,1-3H3,(H,18,19,20). The van der Waals surface area contributed by atoms with Crippen LogP contribution in [0.25, 0.3) is 10.9 Å². The number of rotatable bonds is 2. The number of anilines is 1. The van der Waals surface area contributed by atoms with Crippen molar-refractivity contribution in [2.75, 3.05) is 5.32 Å². The van der Waals surface area contributed by atoms with Gasteiger partial charge >= 0.3 is 11.9 Å². The number of cyclic esters (lactones) is 2. The smallest absolute Gasteiger partial charge is 0.350 e. The van der Waals surface area contributed by atoms with Crippen LogP contribution in [0.4, 0.5) is 5.69 Å². The third kappa shape index (κ3) is 2.73. The number of aryl methyl sites for hydroxylation is 1. The van der Waals surface area contributed by atoms with Crippen molar-refractivity contribution in [2.45, 2.75) is 26.6 Å². The lowest BCUT2D eigenvalue weighted by Crippen LogP contribution is -2.42. The van der Waals surface area contributed by atoms with Crippen LogP contribution in [0.15, 0.2) is 35.0 Å². The number of esters is 2. The summed E-state index contributed by atoms with van der Waals surface area (Å²) in [6.45, 7) is 4.75. The second kappa shape index (κ2) is 5.48. The molecule has 0 saturated carbocycles. The Morgan fingerprint density at radius 3 is 2.50 bits per heavy atom. The van der Waals surface area contributed by atoms with E-state index >= 15 is 0 Å². The summed E-state index contributed by atoms with van der Waals surface area (Å²) in [7, 11) is 0. The van der Waals surface area contributed by atoms with E-state index in [-0.39, 0.29) is 11.1 Å². The van der Waals surface area contributed by atoms with Gasteiger partial charge in [0, 0.05) is 20.0 Å². The molecule has 3 rings (SSSR count). The molecule has 0 spiro atoms. The van der Waals surface area contributed by atoms with Crippen molar-refractivity contribution in [2.24, 2.45) is 0 Å². The lowest BCUT2D eigenvalue weighted by Gasteiger charge is -2.29. The summed E-state index contributed by atoms with van der Waals surface area (Å²) in [6, 6.07) is 3.39. The average Bonchev–Trinajstić information content (AvgIpc) is 2.47. The molecule has 24 heavy (non-hydrogen) atoms. The number of nitrogens with one attached hydrogen (secondary N) is 2. The van der Waals surface area contributed by atoms with Crippen LogP contribution in [0.1, 0.15) is 19.4 Å². The predicted molar refractivity (Wildman–Crippen MR) is 85.1 cm³/mol. The summed E-state index contributed by atoms with van der Waals surface area (Å²) in [4.78, 5) is 42.4. The maximum atomic E-state index is 11.9. The summed E-state index contributed by atoms with van der Waals surface area (Å²) >= 11 is 0. The fraction of sp³-hybridized carbons (Fsp3) is 0.250. The SMILES string of the molecule is Cc1ccc2c(=O)[nH]cnc2c1NC=C1C(=O)OC(C)(C)OC1=O. The number of hydrogen-bond donors (Lipinski definition) is 2. The van der Waals surface area contributed by atoms with Crippen LogP contribution >= 0.6 is 0 Å². The van der Waals surface area contributed by atoms with E-state index in [4.69, 9.17) is 9.47 Å². The highest BCUT2D eigenvalue weighted by molar-refractivity contribution is 6.15. The number of ether oxygens (including phenoxy) is 2. The number of fused-ring (bicyclic) bond motifs is 1. The number of H-pyrrole nitrogens is 1. The molecule has 0 aliphatic carbocycles. The first kappa shape index (κ1) is 15.7. The van der Waals surface area contributed by atoms with Crippen molar-refractivity contribution in [1.29, 1.82) is 0 Å². The number of hydrogen-bond acceptors (Lipinski definition) is 7. The van der Waals surface area contributed by atoms with Gasteiger partial charge in [-0.1, -0.05) is 6.07 Å². The molecule has 0 amide bonds. The van der Waals surface area contributed by atoms with Gasteiger partial charge in [0.1, 0.15) is 5.52 Å². The molecule has 124 valence electrons. The Morgan fingerprint density at radius 2 is 1.83 bits per heavy atom. The van der Waals surface area contributed by atoms with Gasteiger partial charge in [0.2, 0.25) is 0 Å². The molecule has 1 aliphatic rings. The minimum Gasteiger partial charge on any atom is -0.419 e. The van der Waals surface area contributed by atoms with E-state index in [2.05, 4.69) is 15.3 Å². The first-order chi connectivity index (χ1) is 11.3. The fourth-order valence-electron chi connectivity index (χ4n) is 2.35. The quantitative estimate of drug-likeness (QED) is 0.486. The molecule has 2 N–H and O–H groups in total. The zero-order valence-electron chi connectivity index (χ0n) is 13.3. The molecule has 8 nitrogen and oxygen atoms in total. The van der Waals surface area contributed by atoms with Gasteiger partial charge in [-0.3, -0.25) is 4.79 Å². The van der Waals surface area contributed by atoms with Gasteiger partial charge in [-0.05, 0) is 18.6 Å². The zero-order valence-corrected chi connectivity index (χ0v) is 13.3. The summed E-state index contributed by atoms with van der Waals surface area (Å²) in [5.74, 6) is -2.87. The highest BCUT2D eigenvalue weighted by Crippen LogP contribution is 2.25. The van der Waals surface area contributed by atoms with E-state index in [9.17, 15) is 14.4 Å². The summed E-state index contributed by atoms with van der Waals surface area (Å²) in [5.41, 5.74) is 1.17. The predicted octanol–water partition coefficient (Wildman–Crippen LogP) is 1.36. The molecule has 8 heteroatoms. The average molecular weight is 329 g/mol. The molecule has 1 aromatic carbocycles. The Hall–Kier alpha value is -3.16. The van der Waals surface area contributed by atoms with Crippen LogP contribution in [0.5, 0.6) is 0 Å². The molecular formula is C16H15N3O5. The fourth-order valence-corrected chi connectivity index (χ4v) is 2.35. The molecule has 0 unspecified atom stereocenters. The number of nitrogens with zero attached hydrogens (tertiary/aromatic N) is 1. The van der Waals surface area contributed by atoms with Gasteiger partial charge in [-0.2, -0.15) is 0 Å². The van der Waals surface area contributed by atoms with Crippen LogP contribution in [0, 0.1) is 6.92 Å². The van der Waals surface area contributed by atoms with Gasteiger partial charge in [-0.15, -0.1) is 0 Å². The number of aromatic nitrogens is 2. The molecule has 0 radical (unpaired) electrons. The highest BCUT2D eigenvalue weighted by Gasteiger charge is 2.39. The monoisotopic (exact) mass is 329 g/mol. The Balaban J connectivity index is 2.01. The minimum atomic E-state index is -1.30. The maximum Gasteiger partial charge on any atom is 0.350 e. The van der Waals surface area contributed by atoms with Crippen LogP contribution in [-0.2, 0) is 19.1 Å². The van der Waals surface area contributed by atoms with Gasteiger partial charge in [-0.25, -0.2) is 14.6 Å². The van der Waals surface area contributed by atoms with Crippen LogP contribution in [0.2, 0.25) is 0 Å². The Bertz CT molecular complexity index is 920. The van der Waals surface area contributed by atoms with E-state index in [0.29, 0.717) is 16.6 Å². The molecule has 1 aromatic heterocycles. The van der Waals surface area contributed by atoms with E-state index in [0.717, 1.165) is 5.56 Å². The normalized spacial score (nSPS) is 16.5. The molecule has 0 bridgehead atoms. The third-order valence-electron chi connectivity index (χ3n) is 3.50. The molecule has 2 aromatic rings. The first-order valence-corrected chi connectivity index (χ1v) is 7.19.